The lowest BCUT2D eigenvalue weighted by Crippen LogP contribution is -2.34. The number of nitriles is 1. The molecule has 0 spiro atoms. The average Bonchev–Trinajstić information content (AvgIpc) is 2.84. The van der Waals surface area contributed by atoms with E-state index in [1.54, 1.807) is 12.3 Å². The predicted octanol–water partition coefficient (Wildman–Crippen LogP) is 2.03. The number of aliphatic carboxylic acids is 1. The molecule has 1 aromatic heterocycles. The molecule has 20 heavy (non-hydrogen) atoms. The van der Waals surface area contributed by atoms with Gasteiger partial charge in [-0.25, -0.2) is 4.98 Å². The van der Waals surface area contributed by atoms with Gasteiger partial charge in [0.15, 0.2) is 0 Å². The van der Waals surface area contributed by atoms with Crippen LogP contribution in [0.15, 0.2) is 18.3 Å². The van der Waals surface area contributed by atoms with E-state index in [-0.39, 0.29) is 0 Å². The van der Waals surface area contributed by atoms with Crippen LogP contribution >= 0.6 is 0 Å². The first-order chi connectivity index (χ1) is 9.59. The van der Waals surface area contributed by atoms with Gasteiger partial charge in [0, 0.05) is 19.3 Å². The summed E-state index contributed by atoms with van der Waals surface area (Å²) >= 11 is 0. The van der Waals surface area contributed by atoms with E-state index >= 15 is 0 Å². The summed E-state index contributed by atoms with van der Waals surface area (Å²) in [5.41, 5.74) is 0.814. The zero-order chi connectivity index (χ0) is 14.6. The number of likely N-dealkylation sites (tertiary alicyclic amines) is 1. The first-order valence-corrected chi connectivity index (χ1v) is 6.90. The summed E-state index contributed by atoms with van der Waals surface area (Å²) in [6.45, 7) is 4.07. The van der Waals surface area contributed by atoms with Gasteiger partial charge in [0.05, 0.1) is 5.41 Å². The maximum atomic E-state index is 11.5. The van der Waals surface area contributed by atoms with Crippen molar-refractivity contribution in [2.75, 3.05) is 13.1 Å². The van der Waals surface area contributed by atoms with Crippen molar-refractivity contribution in [3.8, 4) is 6.07 Å². The van der Waals surface area contributed by atoms with Gasteiger partial charge in [-0.3, -0.25) is 9.69 Å². The molecule has 2 rings (SSSR count). The quantitative estimate of drug-likeness (QED) is 0.888. The molecule has 1 aliphatic rings. The van der Waals surface area contributed by atoms with E-state index in [4.69, 9.17) is 5.26 Å². The van der Waals surface area contributed by atoms with Crippen molar-refractivity contribution in [3.63, 3.8) is 0 Å². The van der Waals surface area contributed by atoms with E-state index in [9.17, 15) is 9.90 Å². The number of rotatable bonds is 5. The molecule has 0 radical (unpaired) electrons. The van der Waals surface area contributed by atoms with Crippen molar-refractivity contribution in [2.24, 2.45) is 5.41 Å². The van der Waals surface area contributed by atoms with E-state index in [1.807, 2.05) is 19.1 Å². The van der Waals surface area contributed by atoms with Gasteiger partial charge in [-0.1, -0.05) is 13.3 Å². The molecule has 1 unspecified atom stereocenters. The van der Waals surface area contributed by atoms with Gasteiger partial charge < -0.3 is 5.11 Å². The third-order valence-corrected chi connectivity index (χ3v) is 3.96. The fourth-order valence-electron chi connectivity index (χ4n) is 2.95. The number of hydrogen-bond donors (Lipinski definition) is 1. The zero-order valence-corrected chi connectivity index (χ0v) is 11.7. The van der Waals surface area contributed by atoms with Gasteiger partial charge in [-0.15, -0.1) is 0 Å². The Bertz CT molecular complexity index is 538. The Labute approximate surface area is 118 Å². The van der Waals surface area contributed by atoms with Crippen LogP contribution in [0.5, 0.6) is 0 Å². The number of carbonyl (C=O) groups is 1. The number of carboxylic acid groups (broad SMARTS) is 1. The number of aromatic nitrogens is 1. The average molecular weight is 273 g/mol. The van der Waals surface area contributed by atoms with Crippen molar-refractivity contribution >= 4 is 5.97 Å². The van der Waals surface area contributed by atoms with Crippen LogP contribution in [0.1, 0.15) is 37.4 Å². The molecule has 1 atom stereocenters. The highest BCUT2D eigenvalue weighted by atomic mass is 16.4. The van der Waals surface area contributed by atoms with Gasteiger partial charge in [0.2, 0.25) is 0 Å². The molecule has 2 heterocycles. The van der Waals surface area contributed by atoms with E-state index < -0.39 is 11.4 Å². The monoisotopic (exact) mass is 273 g/mol. The second kappa shape index (κ2) is 6.02. The summed E-state index contributed by atoms with van der Waals surface area (Å²) in [5.74, 6) is -0.686. The Morgan fingerprint density at radius 1 is 1.65 bits per heavy atom. The summed E-state index contributed by atoms with van der Waals surface area (Å²) in [6.07, 6.45) is 3.93. The van der Waals surface area contributed by atoms with Crippen molar-refractivity contribution in [3.05, 3.63) is 29.6 Å². The van der Waals surface area contributed by atoms with Crippen LogP contribution in [0, 0.1) is 16.7 Å². The SMILES string of the molecule is CCCC1(C(=O)O)CCN(Cc2ccnc(C#N)c2)C1. The second-order valence-corrected chi connectivity index (χ2v) is 5.46. The van der Waals surface area contributed by atoms with Gasteiger partial charge in [-0.2, -0.15) is 5.26 Å². The summed E-state index contributed by atoms with van der Waals surface area (Å²) < 4.78 is 0. The van der Waals surface area contributed by atoms with Gasteiger partial charge >= 0.3 is 5.97 Å². The van der Waals surface area contributed by atoms with Gasteiger partial charge in [0.25, 0.3) is 0 Å². The van der Waals surface area contributed by atoms with Crippen LogP contribution in [-0.4, -0.2) is 34.0 Å². The molecule has 0 aromatic carbocycles. The summed E-state index contributed by atoms with van der Waals surface area (Å²) in [5, 5.41) is 18.3. The lowest BCUT2D eigenvalue weighted by molar-refractivity contribution is -0.148. The van der Waals surface area contributed by atoms with Crippen LogP contribution in [0.25, 0.3) is 0 Å². The molecule has 0 aliphatic carbocycles. The molecular formula is C15H19N3O2. The first-order valence-electron chi connectivity index (χ1n) is 6.90. The summed E-state index contributed by atoms with van der Waals surface area (Å²) in [7, 11) is 0. The smallest absolute Gasteiger partial charge is 0.310 e. The maximum absolute atomic E-state index is 11.5. The van der Waals surface area contributed by atoms with E-state index in [0.717, 1.165) is 24.9 Å². The second-order valence-electron chi connectivity index (χ2n) is 5.46. The Hall–Kier alpha value is -1.93. The summed E-state index contributed by atoms with van der Waals surface area (Å²) in [4.78, 5) is 17.6. The lowest BCUT2D eigenvalue weighted by atomic mass is 9.83. The zero-order valence-electron chi connectivity index (χ0n) is 11.7. The minimum atomic E-state index is -0.686. The van der Waals surface area contributed by atoms with Crippen molar-refractivity contribution in [1.29, 1.82) is 5.26 Å². The Balaban J connectivity index is 2.05. The fraction of sp³-hybridized carbons (Fsp3) is 0.533. The maximum Gasteiger partial charge on any atom is 0.310 e. The third-order valence-electron chi connectivity index (χ3n) is 3.96. The molecule has 5 nitrogen and oxygen atoms in total. The highest BCUT2D eigenvalue weighted by Crippen LogP contribution is 2.36. The highest BCUT2D eigenvalue weighted by molar-refractivity contribution is 5.75. The summed E-state index contributed by atoms with van der Waals surface area (Å²) in [6, 6.07) is 5.66. The van der Waals surface area contributed by atoms with Gasteiger partial charge in [0.1, 0.15) is 11.8 Å². The molecule has 0 saturated carbocycles. The highest BCUT2D eigenvalue weighted by Gasteiger charge is 2.43. The van der Waals surface area contributed by atoms with E-state index in [0.29, 0.717) is 25.2 Å². The van der Waals surface area contributed by atoms with Crippen LogP contribution in [-0.2, 0) is 11.3 Å². The molecule has 1 aliphatic heterocycles. The Morgan fingerprint density at radius 2 is 2.45 bits per heavy atom. The number of carboxylic acids is 1. The largest absolute Gasteiger partial charge is 0.481 e. The molecule has 1 aromatic rings. The van der Waals surface area contributed by atoms with Crippen molar-refractivity contribution < 1.29 is 9.90 Å². The molecule has 1 fully saturated rings. The first kappa shape index (κ1) is 14.5. The molecular weight excluding hydrogens is 254 g/mol. The van der Waals surface area contributed by atoms with Gasteiger partial charge in [-0.05, 0) is 37.1 Å². The topological polar surface area (TPSA) is 77.2 Å². The van der Waals surface area contributed by atoms with Crippen LogP contribution in [0.2, 0.25) is 0 Å². The number of hydrogen-bond acceptors (Lipinski definition) is 4. The molecule has 106 valence electrons. The van der Waals surface area contributed by atoms with Crippen LogP contribution in [0.4, 0.5) is 0 Å². The lowest BCUT2D eigenvalue weighted by Gasteiger charge is -2.24. The molecule has 1 N–H and O–H groups in total. The Morgan fingerprint density at radius 3 is 3.10 bits per heavy atom. The number of pyridine rings is 1. The molecule has 5 heteroatoms. The number of nitrogens with zero attached hydrogens (tertiary/aromatic N) is 3. The van der Waals surface area contributed by atoms with Crippen molar-refractivity contribution in [2.45, 2.75) is 32.7 Å². The normalized spacial score (nSPS) is 22.6. The van der Waals surface area contributed by atoms with Crippen LogP contribution in [0.3, 0.4) is 0 Å². The molecule has 0 amide bonds. The standard InChI is InChI=1S/C15H19N3O2/c1-2-4-15(14(19)20)5-7-18(11-15)10-12-3-6-17-13(8-12)9-16/h3,6,8H,2,4-5,7,10-11H2,1H3,(H,19,20). The van der Waals surface area contributed by atoms with Crippen LogP contribution < -0.4 is 0 Å². The molecule has 1 saturated heterocycles. The Kier molecular flexibility index (Phi) is 4.35. The third kappa shape index (κ3) is 2.97. The van der Waals surface area contributed by atoms with E-state index in [2.05, 4.69) is 9.88 Å². The van der Waals surface area contributed by atoms with E-state index in [1.165, 1.54) is 0 Å². The molecule has 0 bridgehead atoms. The minimum absolute atomic E-state index is 0.403. The predicted molar refractivity (Wildman–Crippen MR) is 73.8 cm³/mol. The van der Waals surface area contributed by atoms with Crippen molar-refractivity contribution in [1.82, 2.24) is 9.88 Å². The minimum Gasteiger partial charge on any atom is -0.481 e. The fourth-order valence-corrected chi connectivity index (χ4v) is 2.95.